The number of benzene rings is 1. The normalized spacial score (nSPS) is 10.1. The van der Waals surface area contributed by atoms with Gasteiger partial charge in [0.05, 0.1) is 14.2 Å². The molecule has 0 aliphatic carbocycles. The van der Waals surface area contributed by atoms with E-state index in [0.29, 0.717) is 13.0 Å². The highest BCUT2D eigenvalue weighted by molar-refractivity contribution is 5.92. The molecule has 1 aromatic carbocycles. The number of nitrogens with one attached hydrogen (secondary N) is 2. The van der Waals surface area contributed by atoms with Gasteiger partial charge in [-0.2, -0.15) is 0 Å². The maximum absolute atomic E-state index is 11.9. The maximum atomic E-state index is 11.9. The second kappa shape index (κ2) is 7.31. The molecule has 0 radical (unpaired) electrons. The minimum atomic E-state index is -0.332. The van der Waals surface area contributed by atoms with Crippen LogP contribution in [0.4, 0.5) is 0 Å². The van der Waals surface area contributed by atoms with Crippen LogP contribution in [-0.2, 0) is 6.42 Å². The van der Waals surface area contributed by atoms with Crippen LogP contribution < -0.4 is 20.2 Å². The average molecular weight is 302 g/mol. The Morgan fingerprint density at radius 3 is 2.50 bits per heavy atom. The molecular weight excluding hydrogens is 284 g/mol. The van der Waals surface area contributed by atoms with Crippen molar-refractivity contribution in [1.29, 1.82) is 0 Å². The third-order valence-corrected chi connectivity index (χ3v) is 3.20. The molecule has 0 fully saturated rings. The molecule has 1 aromatic heterocycles. The number of rotatable bonds is 6. The Labute approximate surface area is 128 Å². The molecule has 116 valence electrons. The molecule has 1 heterocycles. The van der Waals surface area contributed by atoms with Crippen LogP contribution in [0.2, 0.25) is 0 Å². The van der Waals surface area contributed by atoms with Gasteiger partial charge in [-0.25, -0.2) is 0 Å². The van der Waals surface area contributed by atoms with Crippen LogP contribution >= 0.6 is 0 Å². The molecule has 1 amide bonds. The van der Waals surface area contributed by atoms with Gasteiger partial charge in [0, 0.05) is 18.8 Å². The van der Waals surface area contributed by atoms with E-state index >= 15 is 0 Å². The van der Waals surface area contributed by atoms with Gasteiger partial charge in [-0.05, 0) is 24.1 Å². The van der Waals surface area contributed by atoms with Gasteiger partial charge in [0.1, 0.15) is 11.4 Å². The number of ether oxygens (including phenoxy) is 2. The zero-order chi connectivity index (χ0) is 15.9. The SMILES string of the molecule is COc1ccc(CCNC(=O)c2cc(=O)c(OC)c[nH]2)cc1. The minimum absolute atomic E-state index is 0.176. The zero-order valence-corrected chi connectivity index (χ0v) is 12.5. The molecule has 6 heteroatoms. The summed E-state index contributed by atoms with van der Waals surface area (Å²) >= 11 is 0. The number of pyridine rings is 1. The van der Waals surface area contributed by atoms with Crippen molar-refractivity contribution in [2.24, 2.45) is 0 Å². The number of H-pyrrole nitrogens is 1. The fraction of sp³-hybridized carbons (Fsp3) is 0.250. The average Bonchev–Trinajstić information content (AvgIpc) is 2.55. The molecule has 0 saturated heterocycles. The topological polar surface area (TPSA) is 80.4 Å². The smallest absolute Gasteiger partial charge is 0.267 e. The van der Waals surface area contributed by atoms with Crippen molar-refractivity contribution in [3.63, 3.8) is 0 Å². The van der Waals surface area contributed by atoms with Gasteiger partial charge in [-0.15, -0.1) is 0 Å². The van der Waals surface area contributed by atoms with Gasteiger partial charge < -0.3 is 19.8 Å². The fourth-order valence-electron chi connectivity index (χ4n) is 1.96. The number of methoxy groups -OCH3 is 2. The van der Waals surface area contributed by atoms with Crippen LogP contribution in [0.5, 0.6) is 11.5 Å². The predicted octanol–water partition coefficient (Wildman–Crippen LogP) is 1.36. The molecule has 2 N–H and O–H groups in total. The fourth-order valence-corrected chi connectivity index (χ4v) is 1.96. The second-order valence-corrected chi connectivity index (χ2v) is 4.63. The second-order valence-electron chi connectivity index (χ2n) is 4.63. The number of hydrogen-bond donors (Lipinski definition) is 2. The van der Waals surface area contributed by atoms with Crippen molar-refractivity contribution in [3.8, 4) is 11.5 Å². The highest BCUT2D eigenvalue weighted by Gasteiger charge is 2.08. The standard InChI is InChI=1S/C16H18N2O4/c1-21-12-5-3-11(4-6-12)7-8-17-16(20)13-9-14(19)15(22-2)10-18-13/h3-6,9-10H,7-8H2,1-2H3,(H,17,20)(H,18,19). The first-order valence-corrected chi connectivity index (χ1v) is 6.82. The zero-order valence-electron chi connectivity index (χ0n) is 12.5. The molecule has 0 spiro atoms. The van der Waals surface area contributed by atoms with Gasteiger partial charge >= 0.3 is 0 Å². The molecule has 2 aromatic rings. The van der Waals surface area contributed by atoms with Gasteiger partial charge in [-0.3, -0.25) is 9.59 Å². The Kier molecular flexibility index (Phi) is 5.19. The Bertz CT molecular complexity index is 692. The lowest BCUT2D eigenvalue weighted by atomic mass is 10.1. The number of aromatic amines is 1. The van der Waals surface area contributed by atoms with Gasteiger partial charge in [0.2, 0.25) is 5.43 Å². The summed E-state index contributed by atoms with van der Waals surface area (Å²) in [6.45, 7) is 0.471. The molecule has 0 bridgehead atoms. The van der Waals surface area contributed by atoms with Crippen LogP contribution in [0.25, 0.3) is 0 Å². The molecule has 0 aliphatic heterocycles. The summed E-state index contributed by atoms with van der Waals surface area (Å²) in [6.07, 6.45) is 2.07. The summed E-state index contributed by atoms with van der Waals surface area (Å²) in [5.41, 5.74) is 0.964. The Morgan fingerprint density at radius 2 is 1.91 bits per heavy atom. The van der Waals surface area contributed by atoms with E-state index in [9.17, 15) is 9.59 Å². The van der Waals surface area contributed by atoms with E-state index in [-0.39, 0.29) is 22.8 Å². The molecule has 2 rings (SSSR count). The van der Waals surface area contributed by atoms with Crippen LogP contribution in [0, 0.1) is 0 Å². The van der Waals surface area contributed by atoms with E-state index in [1.54, 1.807) is 7.11 Å². The third-order valence-electron chi connectivity index (χ3n) is 3.20. The molecule has 0 unspecified atom stereocenters. The summed E-state index contributed by atoms with van der Waals surface area (Å²) in [5.74, 6) is 0.645. The summed E-state index contributed by atoms with van der Waals surface area (Å²) in [5, 5.41) is 2.76. The first-order valence-electron chi connectivity index (χ1n) is 6.82. The molecule has 0 atom stereocenters. The van der Waals surface area contributed by atoms with Crippen LogP contribution in [-0.4, -0.2) is 31.7 Å². The first kappa shape index (κ1) is 15.6. The van der Waals surface area contributed by atoms with E-state index in [4.69, 9.17) is 9.47 Å². The van der Waals surface area contributed by atoms with Gasteiger partial charge in [-0.1, -0.05) is 12.1 Å². The largest absolute Gasteiger partial charge is 0.497 e. The van der Waals surface area contributed by atoms with Crippen molar-refractivity contribution in [2.45, 2.75) is 6.42 Å². The highest BCUT2D eigenvalue weighted by Crippen LogP contribution is 2.11. The van der Waals surface area contributed by atoms with Crippen LogP contribution in [0.3, 0.4) is 0 Å². The number of carbonyl (C=O) groups excluding carboxylic acids is 1. The van der Waals surface area contributed by atoms with Crippen LogP contribution in [0.15, 0.2) is 41.3 Å². The maximum Gasteiger partial charge on any atom is 0.267 e. The van der Waals surface area contributed by atoms with Crippen molar-refractivity contribution in [2.75, 3.05) is 20.8 Å². The van der Waals surface area contributed by atoms with Crippen molar-refractivity contribution in [1.82, 2.24) is 10.3 Å². The lowest BCUT2D eigenvalue weighted by Crippen LogP contribution is -2.27. The highest BCUT2D eigenvalue weighted by atomic mass is 16.5. The quantitative estimate of drug-likeness (QED) is 0.844. The first-order chi connectivity index (χ1) is 10.6. The number of carbonyl (C=O) groups is 1. The number of amides is 1. The monoisotopic (exact) mass is 302 g/mol. The predicted molar refractivity (Wildman–Crippen MR) is 82.6 cm³/mol. The minimum Gasteiger partial charge on any atom is -0.497 e. The van der Waals surface area contributed by atoms with Crippen molar-refractivity contribution >= 4 is 5.91 Å². The van der Waals surface area contributed by atoms with Crippen molar-refractivity contribution < 1.29 is 14.3 Å². The Morgan fingerprint density at radius 1 is 1.18 bits per heavy atom. The Hall–Kier alpha value is -2.76. The molecule has 0 aliphatic rings. The lowest BCUT2D eigenvalue weighted by Gasteiger charge is -2.07. The summed E-state index contributed by atoms with van der Waals surface area (Å²) in [6, 6.07) is 8.86. The number of aromatic nitrogens is 1. The van der Waals surface area contributed by atoms with E-state index in [1.807, 2.05) is 24.3 Å². The molecule has 0 saturated carbocycles. The van der Waals surface area contributed by atoms with E-state index in [2.05, 4.69) is 10.3 Å². The van der Waals surface area contributed by atoms with Crippen molar-refractivity contribution in [3.05, 3.63) is 58.0 Å². The molecule has 6 nitrogen and oxygen atoms in total. The van der Waals surface area contributed by atoms with E-state index in [1.165, 1.54) is 19.4 Å². The van der Waals surface area contributed by atoms with Crippen LogP contribution in [0.1, 0.15) is 16.1 Å². The summed E-state index contributed by atoms with van der Waals surface area (Å²) in [4.78, 5) is 26.3. The Balaban J connectivity index is 1.89. The molecular formula is C16H18N2O4. The molecule has 22 heavy (non-hydrogen) atoms. The number of hydrogen-bond acceptors (Lipinski definition) is 4. The summed E-state index contributed by atoms with van der Waals surface area (Å²) < 4.78 is 9.94. The van der Waals surface area contributed by atoms with Gasteiger partial charge in [0.25, 0.3) is 5.91 Å². The summed E-state index contributed by atoms with van der Waals surface area (Å²) in [7, 11) is 3.02. The van der Waals surface area contributed by atoms with Gasteiger partial charge in [0.15, 0.2) is 5.75 Å². The van der Waals surface area contributed by atoms with E-state index < -0.39 is 0 Å². The lowest BCUT2D eigenvalue weighted by molar-refractivity contribution is 0.0949. The van der Waals surface area contributed by atoms with E-state index in [0.717, 1.165) is 11.3 Å². The third kappa shape index (κ3) is 3.88.